The number of aryl methyl sites for hydroxylation is 1. The van der Waals surface area contributed by atoms with Crippen molar-refractivity contribution in [2.45, 2.75) is 25.2 Å². The van der Waals surface area contributed by atoms with Gasteiger partial charge < -0.3 is 19.9 Å². The molecule has 2 aliphatic heterocycles. The summed E-state index contributed by atoms with van der Waals surface area (Å²) in [6, 6.07) is 11.9. The van der Waals surface area contributed by atoms with Crippen LogP contribution in [0, 0.1) is 12.7 Å². The lowest BCUT2D eigenvalue weighted by molar-refractivity contribution is -0.126. The molecule has 2 aliphatic rings. The second kappa shape index (κ2) is 8.70. The van der Waals surface area contributed by atoms with Crippen molar-refractivity contribution in [1.29, 1.82) is 0 Å². The van der Waals surface area contributed by atoms with E-state index in [-0.39, 0.29) is 18.2 Å². The monoisotopic (exact) mass is 538 g/mol. The summed E-state index contributed by atoms with van der Waals surface area (Å²) in [5.41, 5.74) is 2.56. The smallest absolute Gasteiger partial charge is 0.242 e. The molecule has 2 aromatic carbocycles. The van der Waals surface area contributed by atoms with Crippen molar-refractivity contribution in [3.8, 4) is 11.6 Å². The van der Waals surface area contributed by atoms with Gasteiger partial charge in [-0.05, 0) is 54.8 Å². The molecule has 40 heavy (non-hydrogen) atoms. The molecule has 200 valence electrons. The highest BCUT2D eigenvalue weighted by molar-refractivity contribution is 6.16. The molecule has 5 heterocycles. The topological polar surface area (TPSA) is 131 Å². The molecule has 0 bridgehead atoms. The maximum absolute atomic E-state index is 14.8. The van der Waals surface area contributed by atoms with Crippen LogP contribution in [-0.4, -0.2) is 55.2 Å². The van der Waals surface area contributed by atoms with E-state index in [1.54, 1.807) is 25.0 Å². The Kier molecular flexibility index (Phi) is 5.21. The van der Waals surface area contributed by atoms with E-state index in [1.165, 1.54) is 29.5 Å². The van der Waals surface area contributed by atoms with E-state index in [0.29, 0.717) is 58.3 Å². The molecule has 1 spiro atoms. The van der Waals surface area contributed by atoms with Gasteiger partial charge in [-0.25, -0.2) is 19.3 Å². The molecule has 0 radical (unpaired) electrons. The van der Waals surface area contributed by atoms with Gasteiger partial charge in [0.15, 0.2) is 11.5 Å². The zero-order valence-electron chi connectivity index (χ0n) is 21.6. The van der Waals surface area contributed by atoms with E-state index < -0.39 is 11.2 Å². The average molecular weight is 539 g/mol. The van der Waals surface area contributed by atoms with Crippen LogP contribution < -0.4 is 15.0 Å². The number of H-pyrrole nitrogens is 1. The van der Waals surface area contributed by atoms with Crippen LogP contribution in [0.4, 0.5) is 15.9 Å². The summed E-state index contributed by atoms with van der Waals surface area (Å²) in [5, 5.41) is 7.59. The number of rotatable bonds is 5. The molecular weight excluding hydrogens is 515 g/mol. The fraction of sp³-hybridized carbons (Fsp3) is 0.214. The maximum atomic E-state index is 14.8. The molecule has 11 nitrogen and oxygen atoms in total. The predicted molar refractivity (Wildman–Crippen MR) is 143 cm³/mol. The second-order valence-electron chi connectivity index (χ2n) is 9.87. The van der Waals surface area contributed by atoms with Crippen LogP contribution in [0.1, 0.15) is 28.8 Å². The molecule has 7 rings (SSSR count). The zero-order chi connectivity index (χ0) is 27.6. The average Bonchev–Trinajstić information content (AvgIpc) is 3.63. The Morgan fingerprint density at radius 3 is 2.73 bits per heavy atom. The molecule has 12 heteroatoms. The SMILES string of the molecule is COc1ccc(CCN2C(=O)C3(CC(=O)Nc4c3c(C)nn4-c3ncnc4nc[nH]c34)c3cc(F)ccc32)cc1. The number of ether oxygens (including phenoxy) is 1. The molecule has 0 saturated carbocycles. The van der Waals surface area contributed by atoms with Gasteiger partial charge in [0.1, 0.15) is 34.6 Å². The fourth-order valence-corrected chi connectivity index (χ4v) is 5.93. The van der Waals surface area contributed by atoms with Crippen molar-refractivity contribution in [3.05, 3.63) is 83.3 Å². The Balaban J connectivity index is 1.37. The first-order chi connectivity index (χ1) is 19.4. The van der Waals surface area contributed by atoms with Crippen LogP contribution in [-0.2, 0) is 21.4 Å². The zero-order valence-corrected chi connectivity index (χ0v) is 21.6. The minimum absolute atomic E-state index is 0.176. The van der Waals surface area contributed by atoms with E-state index in [1.807, 2.05) is 24.3 Å². The summed E-state index contributed by atoms with van der Waals surface area (Å²) in [4.78, 5) is 45.2. The lowest BCUT2D eigenvalue weighted by atomic mass is 9.70. The molecule has 0 aliphatic carbocycles. The summed E-state index contributed by atoms with van der Waals surface area (Å²) in [7, 11) is 1.61. The fourth-order valence-electron chi connectivity index (χ4n) is 5.93. The lowest BCUT2D eigenvalue weighted by Crippen LogP contribution is -2.47. The number of hydrogen-bond donors (Lipinski definition) is 2. The molecule has 0 fully saturated rings. The number of anilines is 2. The van der Waals surface area contributed by atoms with Crippen molar-refractivity contribution in [3.63, 3.8) is 0 Å². The number of aromatic amines is 1. The molecule has 1 atom stereocenters. The van der Waals surface area contributed by atoms with Gasteiger partial charge in [-0.3, -0.25) is 9.59 Å². The van der Waals surface area contributed by atoms with Gasteiger partial charge in [-0.1, -0.05) is 12.1 Å². The number of amides is 2. The highest BCUT2D eigenvalue weighted by atomic mass is 19.1. The highest BCUT2D eigenvalue weighted by Gasteiger charge is 2.58. The van der Waals surface area contributed by atoms with Crippen molar-refractivity contribution in [2.75, 3.05) is 23.9 Å². The number of halogens is 1. The summed E-state index contributed by atoms with van der Waals surface area (Å²) < 4.78 is 21.5. The summed E-state index contributed by atoms with van der Waals surface area (Å²) in [6.45, 7) is 2.11. The number of hydrogen-bond acceptors (Lipinski definition) is 7. The number of aromatic nitrogens is 6. The van der Waals surface area contributed by atoms with Crippen molar-refractivity contribution >= 4 is 34.5 Å². The maximum Gasteiger partial charge on any atom is 0.242 e. The van der Waals surface area contributed by atoms with Crippen LogP contribution in [0.3, 0.4) is 0 Å². The molecule has 2 N–H and O–H groups in total. The standard InChI is InChI=1S/C28H23FN8O3/c1-15-22-25(37(35-15)26-23-24(31-13-30-23)32-14-33-26)34-21(38)12-28(22)19-11-17(29)5-8-20(19)36(27(28)39)10-9-16-3-6-18(40-2)7-4-16/h3-8,11,13-14H,9-10,12H2,1-2H3,(H,34,38)(H,30,31,32,33). The van der Waals surface area contributed by atoms with Gasteiger partial charge in [-0.15, -0.1) is 0 Å². The number of carbonyl (C=O) groups is 2. The number of methoxy groups -OCH3 is 1. The summed E-state index contributed by atoms with van der Waals surface area (Å²) >= 11 is 0. The molecule has 1 unspecified atom stereocenters. The molecule has 3 aromatic heterocycles. The van der Waals surface area contributed by atoms with Gasteiger partial charge in [0.2, 0.25) is 11.8 Å². The molecule has 2 amide bonds. The number of fused-ring (bicyclic) bond motifs is 5. The van der Waals surface area contributed by atoms with Crippen molar-refractivity contribution in [1.82, 2.24) is 29.7 Å². The second-order valence-corrected chi connectivity index (χ2v) is 9.87. The molecule has 0 saturated heterocycles. The first-order valence-electron chi connectivity index (χ1n) is 12.7. The van der Waals surface area contributed by atoms with E-state index in [9.17, 15) is 14.0 Å². The van der Waals surface area contributed by atoms with E-state index in [0.717, 1.165) is 11.3 Å². The van der Waals surface area contributed by atoms with E-state index in [2.05, 4.69) is 25.3 Å². The summed E-state index contributed by atoms with van der Waals surface area (Å²) in [5.74, 6) is 0.244. The molecule has 5 aromatic rings. The van der Waals surface area contributed by atoms with Gasteiger partial charge in [0, 0.05) is 24.2 Å². The Morgan fingerprint density at radius 2 is 1.93 bits per heavy atom. The van der Waals surface area contributed by atoms with Gasteiger partial charge >= 0.3 is 0 Å². The van der Waals surface area contributed by atoms with Crippen LogP contribution in [0.15, 0.2) is 55.1 Å². The minimum atomic E-state index is -1.45. The normalized spacial score (nSPS) is 17.8. The van der Waals surface area contributed by atoms with Crippen LogP contribution in [0.2, 0.25) is 0 Å². The lowest BCUT2D eigenvalue weighted by Gasteiger charge is -2.33. The van der Waals surface area contributed by atoms with Gasteiger partial charge in [0.05, 0.1) is 19.1 Å². The quantitative estimate of drug-likeness (QED) is 0.351. The van der Waals surface area contributed by atoms with Gasteiger partial charge in [0.25, 0.3) is 0 Å². The first-order valence-corrected chi connectivity index (χ1v) is 12.7. The Labute approximate surface area is 227 Å². The number of benzene rings is 2. The Hall–Kier alpha value is -5.13. The van der Waals surface area contributed by atoms with E-state index >= 15 is 0 Å². The van der Waals surface area contributed by atoms with Crippen LogP contribution in [0.25, 0.3) is 17.0 Å². The highest BCUT2D eigenvalue weighted by Crippen LogP contribution is 2.53. The van der Waals surface area contributed by atoms with E-state index in [4.69, 9.17) is 9.84 Å². The third-order valence-corrected chi connectivity index (χ3v) is 7.68. The minimum Gasteiger partial charge on any atom is -0.497 e. The number of carbonyl (C=O) groups excluding carboxylic acids is 2. The largest absolute Gasteiger partial charge is 0.497 e. The van der Waals surface area contributed by atoms with Crippen LogP contribution >= 0.6 is 0 Å². The number of nitrogens with zero attached hydrogens (tertiary/aromatic N) is 6. The molecular formula is C28H23FN8O3. The third kappa shape index (κ3) is 3.35. The number of nitrogens with one attached hydrogen (secondary N) is 2. The Bertz CT molecular complexity index is 1830. The number of imidazole rings is 1. The van der Waals surface area contributed by atoms with Crippen molar-refractivity contribution < 1.29 is 18.7 Å². The van der Waals surface area contributed by atoms with Gasteiger partial charge in [-0.2, -0.15) is 9.78 Å². The summed E-state index contributed by atoms with van der Waals surface area (Å²) in [6.07, 6.45) is 3.23. The first kappa shape index (κ1) is 23.9. The predicted octanol–water partition coefficient (Wildman–Crippen LogP) is 3.21. The van der Waals surface area contributed by atoms with Crippen molar-refractivity contribution in [2.24, 2.45) is 0 Å². The van der Waals surface area contributed by atoms with Crippen LogP contribution in [0.5, 0.6) is 5.75 Å². The third-order valence-electron chi connectivity index (χ3n) is 7.68. The Morgan fingerprint density at radius 1 is 1.10 bits per heavy atom.